The predicted octanol–water partition coefficient (Wildman–Crippen LogP) is 12.5. The van der Waals surface area contributed by atoms with Crippen LogP contribution in [0.15, 0.2) is 194 Å². The zero-order valence-electron chi connectivity index (χ0n) is 30.7. The molecule has 6 nitrogen and oxygen atoms in total. The van der Waals surface area contributed by atoms with Gasteiger partial charge in [0.15, 0.2) is 11.6 Å². The number of hydrogen-bond donors (Lipinski definition) is 0. The lowest BCUT2D eigenvalue weighted by Gasteiger charge is -2.14. The number of para-hydroxylation sites is 5. The van der Waals surface area contributed by atoms with E-state index in [0.717, 1.165) is 66.4 Å². The molecule has 0 aliphatic rings. The standard InChI is InChI=1S/C51H32N6/c1-3-16-33(17-4-1)49-52-50(34-18-15-21-36(32-34)55-43-26-11-7-22-37(43)38-23-8-12-27-44(38)55)54-51(53-49)57-46-29-14-10-25-40(46)42-31-30-41-39-24-9-13-28-45(39)56(47(41)48(42)57)35-19-5-2-6-20-35/h1-32H. The van der Waals surface area contributed by atoms with Crippen molar-refractivity contribution in [3.63, 3.8) is 0 Å². The van der Waals surface area contributed by atoms with E-state index >= 15 is 0 Å². The van der Waals surface area contributed by atoms with E-state index in [0.29, 0.717) is 17.6 Å². The van der Waals surface area contributed by atoms with Gasteiger partial charge in [0.1, 0.15) is 0 Å². The maximum absolute atomic E-state index is 5.40. The van der Waals surface area contributed by atoms with Crippen molar-refractivity contribution in [2.45, 2.75) is 0 Å². The van der Waals surface area contributed by atoms with Crippen LogP contribution in [-0.2, 0) is 0 Å². The van der Waals surface area contributed by atoms with Gasteiger partial charge in [0.2, 0.25) is 5.95 Å². The molecular weight excluding hydrogens is 697 g/mol. The molecule has 0 amide bonds. The molecule has 0 N–H and O–H groups in total. The Balaban J connectivity index is 1.17. The lowest BCUT2D eigenvalue weighted by Crippen LogP contribution is -2.07. The van der Waals surface area contributed by atoms with Crippen LogP contribution >= 0.6 is 0 Å². The van der Waals surface area contributed by atoms with Gasteiger partial charge in [-0.05, 0) is 48.5 Å². The van der Waals surface area contributed by atoms with E-state index in [4.69, 9.17) is 15.0 Å². The fourth-order valence-corrected chi connectivity index (χ4v) is 8.85. The number of hydrogen-bond acceptors (Lipinski definition) is 3. The number of aromatic nitrogens is 6. The highest BCUT2D eigenvalue weighted by atomic mass is 15.2. The molecule has 0 fully saturated rings. The van der Waals surface area contributed by atoms with Crippen LogP contribution in [0, 0.1) is 0 Å². The van der Waals surface area contributed by atoms with Gasteiger partial charge in [-0.2, -0.15) is 9.97 Å². The molecule has 57 heavy (non-hydrogen) atoms. The highest BCUT2D eigenvalue weighted by Gasteiger charge is 2.23. The first-order valence-corrected chi connectivity index (χ1v) is 19.2. The number of rotatable bonds is 5. The monoisotopic (exact) mass is 728 g/mol. The zero-order valence-corrected chi connectivity index (χ0v) is 30.7. The summed E-state index contributed by atoms with van der Waals surface area (Å²) in [5.74, 6) is 1.77. The van der Waals surface area contributed by atoms with Gasteiger partial charge in [0.05, 0.1) is 33.1 Å². The summed E-state index contributed by atoms with van der Waals surface area (Å²) < 4.78 is 6.97. The van der Waals surface area contributed by atoms with Crippen LogP contribution in [-0.4, -0.2) is 28.7 Å². The smallest absolute Gasteiger partial charge is 0.238 e. The first kappa shape index (κ1) is 31.5. The normalized spacial score (nSPS) is 11.9. The Hall–Kier alpha value is -7.83. The van der Waals surface area contributed by atoms with Gasteiger partial charge in [0.25, 0.3) is 0 Å². The second kappa shape index (κ2) is 12.3. The Labute approximate surface area is 327 Å². The second-order valence-corrected chi connectivity index (χ2v) is 14.5. The minimum atomic E-state index is 0.560. The third-order valence-electron chi connectivity index (χ3n) is 11.3. The molecule has 0 unspecified atom stereocenters. The molecule has 0 saturated heterocycles. The van der Waals surface area contributed by atoms with Crippen molar-refractivity contribution >= 4 is 65.4 Å². The third-order valence-corrected chi connectivity index (χ3v) is 11.3. The van der Waals surface area contributed by atoms with Crippen LogP contribution in [0.4, 0.5) is 0 Å². The summed E-state index contributed by atoms with van der Waals surface area (Å²) >= 11 is 0. The van der Waals surface area contributed by atoms with Crippen LogP contribution in [0.5, 0.6) is 0 Å². The molecule has 266 valence electrons. The fraction of sp³-hybridized carbons (Fsp3) is 0. The van der Waals surface area contributed by atoms with E-state index in [1.165, 1.54) is 21.5 Å². The molecule has 0 radical (unpaired) electrons. The Kier molecular flexibility index (Phi) is 6.83. The summed E-state index contributed by atoms with van der Waals surface area (Å²) in [6, 6.07) is 68.3. The molecule has 0 bridgehead atoms. The summed E-state index contributed by atoms with van der Waals surface area (Å²) in [6.07, 6.45) is 0. The minimum Gasteiger partial charge on any atom is -0.309 e. The predicted molar refractivity (Wildman–Crippen MR) is 234 cm³/mol. The molecular formula is C51H32N6. The molecule has 8 aromatic carbocycles. The Bertz CT molecular complexity index is 3470. The average molecular weight is 729 g/mol. The van der Waals surface area contributed by atoms with Gasteiger partial charge in [-0.15, -0.1) is 0 Å². The lowest BCUT2D eigenvalue weighted by molar-refractivity contribution is 0.953. The van der Waals surface area contributed by atoms with E-state index in [2.05, 4.69) is 190 Å². The van der Waals surface area contributed by atoms with E-state index < -0.39 is 0 Å². The fourth-order valence-electron chi connectivity index (χ4n) is 8.85. The first-order valence-electron chi connectivity index (χ1n) is 19.2. The Morgan fingerprint density at radius 1 is 0.281 bits per heavy atom. The van der Waals surface area contributed by atoms with Crippen LogP contribution < -0.4 is 0 Å². The second-order valence-electron chi connectivity index (χ2n) is 14.5. The number of fused-ring (bicyclic) bond motifs is 10. The highest BCUT2D eigenvalue weighted by Crippen LogP contribution is 2.42. The molecule has 4 heterocycles. The summed E-state index contributed by atoms with van der Waals surface area (Å²) in [5.41, 5.74) is 10.6. The quantitative estimate of drug-likeness (QED) is 0.177. The molecule has 4 aromatic heterocycles. The average Bonchev–Trinajstić information content (AvgIpc) is 3.93. The molecule has 0 aliphatic carbocycles. The van der Waals surface area contributed by atoms with Gasteiger partial charge in [-0.3, -0.25) is 4.57 Å². The van der Waals surface area contributed by atoms with E-state index in [1.54, 1.807) is 0 Å². The van der Waals surface area contributed by atoms with Crippen molar-refractivity contribution in [2.75, 3.05) is 0 Å². The van der Waals surface area contributed by atoms with Crippen molar-refractivity contribution in [3.05, 3.63) is 194 Å². The first-order chi connectivity index (χ1) is 28.3. The van der Waals surface area contributed by atoms with E-state index in [9.17, 15) is 0 Å². The summed E-state index contributed by atoms with van der Waals surface area (Å²) in [4.78, 5) is 15.9. The van der Waals surface area contributed by atoms with Crippen molar-refractivity contribution in [2.24, 2.45) is 0 Å². The highest BCUT2D eigenvalue weighted by molar-refractivity contribution is 6.23. The van der Waals surface area contributed by atoms with Crippen molar-refractivity contribution in [1.29, 1.82) is 0 Å². The van der Waals surface area contributed by atoms with Gasteiger partial charge in [-0.25, -0.2) is 4.98 Å². The zero-order chi connectivity index (χ0) is 37.5. The topological polar surface area (TPSA) is 53.5 Å². The van der Waals surface area contributed by atoms with E-state index in [1.807, 2.05) is 18.2 Å². The largest absolute Gasteiger partial charge is 0.309 e. The molecule has 0 saturated carbocycles. The summed E-state index contributed by atoms with van der Waals surface area (Å²) in [6.45, 7) is 0. The van der Waals surface area contributed by atoms with Crippen molar-refractivity contribution in [3.8, 4) is 40.1 Å². The maximum Gasteiger partial charge on any atom is 0.238 e. The van der Waals surface area contributed by atoms with Crippen molar-refractivity contribution < 1.29 is 0 Å². The van der Waals surface area contributed by atoms with Crippen LogP contribution in [0.3, 0.4) is 0 Å². The molecule has 0 aliphatic heterocycles. The van der Waals surface area contributed by atoms with Crippen LogP contribution in [0.2, 0.25) is 0 Å². The van der Waals surface area contributed by atoms with E-state index in [-0.39, 0.29) is 0 Å². The number of nitrogens with zero attached hydrogens (tertiary/aromatic N) is 6. The van der Waals surface area contributed by atoms with Crippen LogP contribution in [0.1, 0.15) is 0 Å². The van der Waals surface area contributed by atoms with Gasteiger partial charge in [-0.1, -0.05) is 146 Å². The summed E-state index contributed by atoms with van der Waals surface area (Å²) in [5, 5.41) is 7.07. The summed E-state index contributed by atoms with van der Waals surface area (Å²) in [7, 11) is 0. The minimum absolute atomic E-state index is 0.560. The molecule has 6 heteroatoms. The van der Waals surface area contributed by atoms with Crippen LogP contribution in [0.25, 0.3) is 106 Å². The molecule has 12 rings (SSSR count). The van der Waals surface area contributed by atoms with Gasteiger partial charge < -0.3 is 9.13 Å². The SMILES string of the molecule is c1ccc(-c2nc(-c3cccc(-n4c5ccccc5c5ccccc54)c3)nc(-n3c4ccccc4c4ccc5c6ccccc6n(-c6ccccc6)c5c43)n2)cc1. The number of benzene rings is 8. The Morgan fingerprint density at radius 3 is 1.30 bits per heavy atom. The Morgan fingerprint density at radius 2 is 0.702 bits per heavy atom. The van der Waals surface area contributed by atoms with Gasteiger partial charge in [0, 0.05) is 54.8 Å². The van der Waals surface area contributed by atoms with Gasteiger partial charge >= 0.3 is 0 Å². The molecule has 0 spiro atoms. The molecule has 12 aromatic rings. The lowest BCUT2D eigenvalue weighted by atomic mass is 10.1. The van der Waals surface area contributed by atoms with Crippen molar-refractivity contribution in [1.82, 2.24) is 28.7 Å². The maximum atomic E-state index is 5.40. The third kappa shape index (κ3) is 4.74. The molecule has 0 atom stereocenters.